The fraction of sp³-hybridized carbons (Fsp3) is 0.333. The van der Waals surface area contributed by atoms with Crippen molar-refractivity contribution in [3.05, 3.63) is 18.2 Å². The normalized spacial score (nSPS) is 14.9. The SMILES string of the molecule is NC[C@H](NS(=O)(=O)c1ccc2c(c1)OCO2)C(=O)OC(=O)C(F)(F)F. The summed E-state index contributed by atoms with van der Waals surface area (Å²) in [5.41, 5.74) is 5.17. The van der Waals surface area contributed by atoms with Crippen molar-refractivity contribution in [2.24, 2.45) is 5.73 Å². The van der Waals surface area contributed by atoms with Gasteiger partial charge in [0.05, 0.1) is 4.90 Å². The molecule has 0 saturated carbocycles. The van der Waals surface area contributed by atoms with E-state index in [2.05, 4.69) is 4.74 Å². The van der Waals surface area contributed by atoms with E-state index in [-0.39, 0.29) is 17.4 Å². The van der Waals surface area contributed by atoms with E-state index >= 15 is 0 Å². The fourth-order valence-corrected chi connectivity index (χ4v) is 2.92. The summed E-state index contributed by atoms with van der Waals surface area (Å²) < 4.78 is 76.0. The molecule has 1 atom stereocenters. The Morgan fingerprint density at radius 1 is 1.28 bits per heavy atom. The molecule has 0 bridgehead atoms. The van der Waals surface area contributed by atoms with Gasteiger partial charge in [-0.25, -0.2) is 18.0 Å². The summed E-state index contributed by atoms with van der Waals surface area (Å²) in [4.78, 5) is 21.8. The number of fused-ring (bicyclic) bond motifs is 1. The molecule has 13 heteroatoms. The molecule has 1 aromatic carbocycles. The molecular formula is C12H11F3N2O7S. The van der Waals surface area contributed by atoms with Gasteiger partial charge in [-0.05, 0) is 12.1 Å². The van der Waals surface area contributed by atoms with Crippen LogP contribution < -0.4 is 19.9 Å². The first-order chi connectivity index (χ1) is 11.5. The maximum absolute atomic E-state index is 12.2. The zero-order chi connectivity index (χ0) is 18.8. The Kier molecular flexibility index (Phi) is 5.20. The van der Waals surface area contributed by atoms with E-state index in [0.717, 1.165) is 12.1 Å². The summed E-state index contributed by atoms with van der Waals surface area (Å²) in [7, 11) is -4.37. The van der Waals surface area contributed by atoms with E-state index in [1.807, 2.05) is 0 Å². The molecule has 138 valence electrons. The number of nitrogens with two attached hydrogens (primary N) is 1. The standard InChI is InChI=1S/C12H11F3N2O7S/c13-12(14,15)11(19)24-10(18)7(4-16)17-25(20,21)6-1-2-8-9(3-6)23-5-22-8/h1-3,7,17H,4-5,16H2/t7-/m0/s1. The quantitative estimate of drug-likeness (QED) is 0.520. The van der Waals surface area contributed by atoms with Crippen molar-refractivity contribution in [2.45, 2.75) is 17.1 Å². The van der Waals surface area contributed by atoms with Gasteiger partial charge in [0.15, 0.2) is 11.5 Å². The van der Waals surface area contributed by atoms with Crippen LogP contribution in [-0.2, 0) is 24.3 Å². The van der Waals surface area contributed by atoms with Crippen LogP contribution in [0.5, 0.6) is 11.5 Å². The van der Waals surface area contributed by atoms with Gasteiger partial charge < -0.3 is 19.9 Å². The number of carbonyl (C=O) groups excluding carboxylic acids is 2. The molecule has 0 aromatic heterocycles. The van der Waals surface area contributed by atoms with E-state index < -0.39 is 40.7 Å². The second kappa shape index (κ2) is 6.85. The number of esters is 2. The highest BCUT2D eigenvalue weighted by Gasteiger charge is 2.43. The molecule has 1 aromatic rings. The minimum absolute atomic E-state index is 0.108. The van der Waals surface area contributed by atoms with Crippen LogP contribution in [0, 0.1) is 0 Å². The second-order valence-corrected chi connectivity index (χ2v) is 6.34. The molecule has 0 amide bonds. The molecular weight excluding hydrogens is 373 g/mol. The van der Waals surface area contributed by atoms with Gasteiger partial charge in [-0.3, -0.25) is 0 Å². The highest BCUT2D eigenvalue weighted by Crippen LogP contribution is 2.33. The number of ether oxygens (including phenoxy) is 3. The average molecular weight is 384 g/mol. The molecule has 25 heavy (non-hydrogen) atoms. The molecule has 0 aliphatic carbocycles. The number of nitrogens with one attached hydrogen (secondary N) is 1. The number of alkyl halides is 3. The number of hydrogen-bond donors (Lipinski definition) is 2. The Morgan fingerprint density at radius 2 is 1.92 bits per heavy atom. The van der Waals surface area contributed by atoms with Gasteiger partial charge >= 0.3 is 18.1 Å². The predicted molar refractivity (Wildman–Crippen MR) is 72.9 cm³/mol. The van der Waals surface area contributed by atoms with E-state index in [9.17, 15) is 31.2 Å². The lowest BCUT2D eigenvalue weighted by atomic mass is 10.3. The van der Waals surface area contributed by atoms with Gasteiger partial charge in [0.1, 0.15) is 6.04 Å². The Labute approximate surface area is 138 Å². The predicted octanol–water partition coefficient (Wildman–Crippen LogP) is -0.347. The van der Waals surface area contributed by atoms with E-state index in [1.165, 1.54) is 6.07 Å². The average Bonchev–Trinajstić information content (AvgIpc) is 2.99. The van der Waals surface area contributed by atoms with Crippen molar-refractivity contribution in [2.75, 3.05) is 13.3 Å². The number of carbonyl (C=O) groups is 2. The van der Waals surface area contributed by atoms with Crippen LogP contribution in [-0.4, -0.2) is 45.9 Å². The lowest BCUT2D eigenvalue weighted by Crippen LogP contribution is -2.48. The van der Waals surface area contributed by atoms with Gasteiger partial charge in [0.25, 0.3) is 0 Å². The van der Waals surface area contributed by atoms with Crippen LogP contribution in [0.2, 0.25) is 0 Å². The maximum Gasteiger partial charge on any atom is 0.491 e. The van der Waals surface area contributed by atoms with Crippen LogP contribution in [0.1, 0.15) is 0 Å². The van der Waals surface area contributed by atoms with Gasteiger partial charge in [0, 0.05) is 12.6 Å². The molecule has 3 N–H and O–H groups in total. The van der Waals surface area contributed by atoms with E-state index in [0.29, 0.717) is 5.75 Å². The monoisotopic (exact) mass is 384 g/mol. The molecule has 1 aliphatic heterocycles. The van der Waals surface area contributed by atoms with Crippen molar-refractivity contribution < 1.29 is 45.4 Å². The van der Waals surface area contributed by atoms with Crippen LogP contribution >= 0.6 is 0 Å². The van der Waals surface area contributed by atoms with Crippen molar-refractivity contribution >= 4 is 22.0 Å². The number of hydrogen-bond acceptors (Lipinski definition) is 8. The van der Waals surface area contributed by atoms with Gasteiger partial charge in [-0.1, -0.05) is 0 Å². The molecule has 9 nitrogen and oxygen atoms in total. The molecule has 2 rings (SSSR count). The zero-order valence-corrected chi connectivity index (χ0v) is 13.0. The first-order valence-electron chi connectivity index (χ1n) is 6.49. The first kappa shape index (κ1) is 19.0. The first-order valence-corrected chi connectivity index (χ1v) is 7.98. The second-order valence-electron chi connectivity index (χ2n) is 4.63. The van der Waals surface area contributed by atoms with Crippen LogP contribution in [0.4, 0.5) is 13.2 Å². The van der Waals surface area contributed by atoms with Gasteiger partial charge in [-0.2, -0.15) is 17.9 Å². The summed E-state index contributed by atoms with van der Waals surface area (Å²) in [6.07, 6.45) is -5.41. The topological polar surface area (TPSA) is 134 Å². The number of benzene rings is 1. The third-order valence-electron chi connectivity index (χ3n) is 2.90. The van der Waals surface area contributed by atoms with Crippen molar-refractivity contribution in [3.8, 4) is 11.5 Å². The Morgan fingerprint density at radius 3 is 2.52 bits per heavy atom. The van der Waals surface area contributed by atoms with E-state index in [4.69, 9.17) is 15.2 Å². The molecule has 0 saturated heterocycles. The van der Waals surface area contributed by atoms with Crippen molar-refractivity contribution in [3.63, 3.8) is 0 Å². The third-order valence-corrected chi connectivity index (χ3v) is 4.37. The molecule has 0 radical (unpaired) electrons. The number of rotatable bonds is 5. The highest BCUT2D eigenvalue weighted by atomic mass is 32.2. The van der Waals surface area contributed by atoms with Crippen molar-refractivity contribution in [1.82, 2.24) is 4.72 Å². The summed E-state index contributed by atoms with van der Waals surface area (Å²) in [5.74, 6) is -4.14. The van der Waals surface area contributed by atoms with Crippen LogP contribution in [0.25, 0.3) is 0 Å². The summed E-state index contributed by atoms with van der Waals surface area (Å²) in [6, 6.07) is 1.60. The third kappa shape index (κ3) is 4.37. The number of sulfonamides is 1. The Balaban J connectivity index is 2.14. The summed E-state index contributed by atoms with van der Waals surface area (Å²) >= 11 is 0. The minimum Gasteiger partial charge on any atom is -0.454 e. The molecule has 0 spiro atoms. The van der Waals surface area contributed by atoms with Gasteiger partial charge in [-0.15, -0.1) is 0 Å². The van der Waals surface area contributed by atoms with E-state index in [1.54, 1.807) is 4.72 Å². The fourth-order valence-electron chi connectivity index (χ4n) is 1.71. The zero-order valence-electron chi connectivity index (χ0n) is 12.2. The lowest BCUT2D eigenvalue weighted by Gasteiger charge is -2.16. The maximum atomic E-state index is 12.2. The number of halogens is 3. The Bertz CT molecular complexity index is 794. The van der Waals surface area contributed by atoms with Crippen molar-refractivity contribution in [1.29, 1.82) is 0 Å². The summed E-state index contributed by atoms with van der Waals surface area (Å²) in [6.45, 7) is -0.850. The molecule has 1 heterocycles. The minimum atomic E-state index is -5.41. The van der Waals surface area contributed by atoms with Gasteiger partial charge in [0.2, 0.25) is 16.8 Å². The molecule has 1 aliphatic rings. The highest BCUT2D eigenvalue weighted by molar-refractivity contribution is 7.89. The van der Waals surface area contributed by atoms with Crippen LogP contribution in [0.3, 0.4) is 0 Å². The molecule has 0 unspecified atom stereocenters. The smallest absolute Gasteiger partial charge is 0.454 e. The summed E-state index contributed by atoms with van der Waals surface area (Å²) in [5, 5.41) is 0. The van der Waals surface area contributed by atoms with Crippen LogP contribution in [0.15, 0.2) is 23.1 Å². The largest absolute Gasteiger partial charge is 0.491 e. The Hall–Kier alpha value is -2.38. The lowest BCUT2D eigenvalue weighted by molar-refractivity contribution is -0.202. The molecule has 0 fully saturated rings.